The van der Waals surface area contributed by atoms with E-state index in [-0.39, 0.29) is 0 Å². The summed E-state index contributed by atoms with van der Waals surface area (Å²) in [4.78, 5) is 6.31. The lowest BCUT2D eigenvalue weighted by atomic mass is 9.89. The highest BCUT2D eigenvalue weighted by Gasteiger charge is 2.26. The molecule has 1 aliphatic heterocycles. The minimum absolute atomic E-state index is 0.537. The van der Waals surface area contributed by atoms with Gasteiger partial charge in [0.05, 0.1) is 11.4 Å². The second-order valence-electron chi connectivity index (χ2n) is 9.09. The predicted octanol–water partition coefficient (Wildman–Crippen LogP) is 2.13. The molecule has 30 heavy (non-hydrogen) atoms. The van der Waals surface area contributed by atoms with Gasteiger partial charge in [-0.3, -0.25) is 4.98 Å². The fourth-order valence-electron chi connectivity index (χ4n) is 5.29. The average Bonchev–Trinajstić information content (AvgIpc) is 2.79. The number of nitrogens with zero attached hydrogens (tertiary/aromatic N) is 1. The van der Waals surface area contributed by atoms with E-state index in [0.29, 0.717) is 30.7 Å². The minimum Gasteiger partial charge on any atom is -0.330 e. The molecule has 0 amide bonds. The summed E-state index contributed by atoms with van der Waals surface area (Å²) in [6.07, 6.45) is 10.4. The molecular formula is C23H40N6S. The Morgan fingerprint density at radius 3 is 1.70 bits per heavy atom. The van der Waals surface area contributed by atoms with Crippen LogP contribution in [0.1, 0.15) is 62.8 Å². The Hall–Kier alpha value is -0.700. The first-order valence-corrected chi connectivity index (χ1v) is 13.1. The number of rotatable bonds is 3. The molecule has 6 nitrogen and oxygen atoms in total. The Morgan fingerprint density at radius 1 is 0.767 bits per heavy atom. The molecule has 6 N–H and O–H groups in total. The molecule has 0 spiro atoms. The molecule has 0 saturated heterocycles. The van der Waals surface area contributed by atoms with Gasteiger partial charge in [0.1, 0.15) is 0 Å². The van der Waals surface area contributed by atoms with Gasteiger partial charge in [0.15, 0.2) is 0 Å². The average molecular weight is 433 g/mol. The van der Waals surface area contributed by atoms with Gasteiger partial charge in [-0.25, -0.2) is 0 Å². The van der Waals surface area contributed by atoms with Crippen LogP contribution < -0.4 is 27.0 Å². The van der Waals surface area contributed by atoms with Crippen molar-refractivity contribution in [3.8, 4) is 0 Å². The van der Waals surface area contributed by atoms with Crippen molar-refractivity contribution >= 4 is 11.8 Å². The maximum absolute atomic E-state index is 5.76. The summed E-state index contributed by atoms with van der Waals surface area (Å²) in [6.45, 7) is 4.50. The van der Waals surface area contributed by atoms with Crippen molar-refractivity contribution in [3.05, 3.63) is 23.5 Å². The lowest BCUT2D eigenvalue weighted by Crippen LogP contribution is -2.53. The normalized spacial score (nSPS) is 31.1. The van der Waals surface area contributed by atoms with E-state index in [1.807, 2.05) is 11.8 Å². The largest absolute Gasteiger partial charge is 0.330 e. The second-order valence-corrected chi connectivity index (χ2v) is 10.3. The zero-order chi connectivity index (χ0) is 20.6. The van der Waals surface area contributed by atoms with Crippen molar-refractivity contribution in [1.29, 1.82) is 0 Å². The van der Waals surface area contributed by atoms with Crippen molar-refractivity contribution in [2.24, 2.45) is 5.73 Å². The zero-order valence-electron chi connectivity index (χ0n) is 18.3. The van der Waals surface area contributed by atoms with E-state index < -0.39 is 0 Å². The molecule has 4 rings (SSSR count). The Morgan fingerprint density at radius 2 is 1.23 bits per heavy atom. The predicted molar refractivity (Wildman–Crippen MR) is 126 cm³/mol. The molecule has 4 atom stereocenters. The van der Waals surface area contributed by atoms with Crippen LogP contribution in [0, 0.1) is 0 Å². The summed E-state index contributed by atoms with van der Waals surface area (Å²) in [7, 11) is 0. The summed E-state index contributed by atoms with van der Waals surface area (Å²) in [5.41, 5.74) is 8.07. The van der Waals surface area contributed by atoms with Crippen LogP contribution in [0.2, 0.25) is 0 Å². The molecule has 2 fully saturated rings. The van der Waals surface area contributed by atoms with Gasteiger partial charge >= 0.3 is 0 Å². The Labute approximate surface area is 186 Å². The van der Waals surface area contributed by atoms with Gasteiger partial charge in [-0.2, -0.15) is 0 Å². The van der Waals surface area contributed by atoms with Gasteiger partial charge in [-0.15, -0.1) is 11.8 Å². The molecule has 2 heterocycles. The SMILES string of the molecule is NCCSc1cc2nc(c1)CN[C@@H]1CCCCC1NCCN[C@@H]1CCCCC1NC2. The molecule has 2 bridgehead atoms. The molecule has 0 radical (unpaired) electrons. The van der Waals surface area contributed by atoms with Crippen LogP contribution >= 0.6 is 11.8 Å². The number of thioether (sulfide) groups is 1. The first-order chi connectivity index (χ1) is 14.8. The highest BCUT2D eigenvalue weighted by molar-refractivity contribution is 7.99. The third-order valence-corrected chi connectivity index (χ3v) is 7.86. The van der Waals surface area contributed by atoms with Gasteiger partial charge < -0.3 is 27.0 Å². The fourth-order valence-corrected chi connectivity index (χ4v) is 6.08. The number of nitrogens with two attached hydrogens (primary N) is 1. The fraction of sp³-hybridized carbons (Fsp3) is 0.783. The number of hydrogen-bond donors (Lipinski definition) is 5. The van der Waals surface area contributed by atoms with Crippen molar-refractivity contribution < 1.29 is 0 Å². The van der Waals surface area contributed by atoms with Gasteiger partial charge in [0, 0.05) is 67.5 Å². The first-order valence-electron chi connectivity index (χ1n) is 12.1. The zero-order valence-corrected chi connectivity index (χ0v) is 19.1. The van der Waals surface area contributed by atoms with Gasteiger partial charge in [-0.05, 0) is 37.8 Å². The van der Waals surface area contributed by atoms with Gasteiger partial charge in [-0.1, -0.05) is 25.7 Å². The van der Waals surface area contributed by atoms with Gasteiger partial charge in [0.25, 0.3) is 0 Å². The van der Waals surface area contributed by atoms with Crippen molar-refractivity contribution in [3.63, 3.8) is 0 Å². The van der Waals surface area contributed by atoms with Gasteiger partial charge in [0.2, 0.25) is 0 Å². The minimum atomic E-state index is 0.537. The third kappa shape index (κ3) is 6.40. The van der Waals surface area contributed by atoms with E-state index in [4.69, 9.17) is 10.7 Å². The van der Waals surface area contributed by atoms with E-state index in [1.165, 1.54) is 56.3 Å². The number of hydrogen-bond acceptors (Lipinski definition) is 7. The topological polar surface area (TPSA) is 87.0 Å². The summed E-state index contributed by atoms with van der Waals surface area (Å²) >= 11 is 1.85. The summed E-state index contributed by atoms with van der Waals surface area (Å²) in [5, 5.41) is 15.4. The Kier molecular flexibility index (Phi) is 8.84. The van der Waals surface area contributed by atoms with E-state index in [2.05, 4.69) is 33.4 Å². The van der Waals surface area contributed by atoms with Crippen LogP contribution in [0.3, 0.4) is 0 Å². The Bertz CT molecular complexity index is 608. The lowest BCUT2D eigenvalue weighted by Gasteiger charge is -2.34. The molecule has 1 aromatic heterocycles. The highest BCUT2D eigenvalue weighted by atomic mass is 32.2. The van der Waals surface area contributed by atoms with Crippen LogP contribution in [0.25, 0.3) is 0 Å². The molecular weight excluding hydrogens is 392 g/mol. The lowest BCUT2D eigenvalue weighted by molar-refractivity contribution is 0.266. The number of fused-ring (bicyclic) bond motifs is 4. The van der Waals surface area contributed by atoms with Crippen LogP contribution in [-0.4, -0.2) is 54.5 Å². The quantitative estimate of drug-likeness (QED) is 0.468. The summed E-state index contributed by atoms with van der Waals surface area (Å²) in [5.74, 6) is 0.951. The molecule has 168 valence electrons. The van der Waals surface area contributed by atoms with Crippen LogP contribution in [0.4, 0.5) is 0 Å². The number of aromatic nitrogens is 1. The standard InChI is InChI=1S/C23H40N6S/c24-9-12-30-19-13-17-15-27-22-7-3-1-5-20(22)25-10-11-26-21-6-2-4-8-23(21)28-16-18(14-19)29-17/h13-14,20-23,25-28H,1-12,15-16,24H2/t20-,21?,22?,23-/m1/s1. The molecule has 0 aromatic carbocycles. The van der Waals surface area contributed by atoms with Crippen molar-refractivity contribution in [1.82, 2.24) is 26.3 Å². The maximum Gasteiger partial charge on any atom is 0.0556 e. The van der Waals surface area contributed by atoms with Crippen molar-refractivity contribution in [2.75, 3.05) is 25.4 Å². The monoisotopic (exact) mass is 432 g/mol. The van der Waals surface area contributed by atoms with E-state index >= 15 is 0 Å². The van der Waals surface area contributed by atoms with Crippen LogP contribution in [0.5, 0.6) is 0 Å². The molecule has 3 aliphatic rings. The van der Waals surface area contributed by atoms with Crippen molar-refractivity contribution in [2.45, 2.75) is 93.5 Å². The summed E-state index contributed by atoms with van der Waals surface area (Å²) < 4.78 is 0. The third-order valence-electron chi connectivity index (χ3n) is 6.85. The maximum atomic E-state index is 5.76. The van der Waals surface area contributed by atoms with Crippen LogP contribution in [-0.2, 0) is 13.1 Å². The Balaban J connectivity index is 1.52. The molecule has 7 heteroatoms. The van der Waals surface area contributed by atoms with E-state index in [9.17, 15) is 0 Å². The molecule has 2 saturated carbocycles. The number of nitrogens with one attached hydrogen (secondary N) is 4. The smallest absolute Gasteiger partial charge is 0.0556 e. The molecule has 2 unspecified atom stereocenters. The molecule has 2 aliphatic carbocycles. The highest BCUT2D eigenvalue weighted by Crippen LogP contribution is 2.23. The number of pyridine rings is 1. The first kappa shape index (κ1) is 22.5. The second kappa shape index (κ2) is 11.8. The van der Waals surface area contributed by atoms with E-state index in [0.717, 1.165) is 43.3 Å². The molecule has 1 aromatic rings. The van der Waals surface area contributed by atoms with E-state index in [1.54, 1.807) is 0 Å². The van der Waals surface area contributed by atoms with Crippen LogP contribution in [0.15, 0.2) is 17.0 Å². The summed E-state index contributed by atoms with van der Waals surface area (Å²) in [6, 6.07) is 6.72.